The van der Waals surface area contributed by atoms with Crippen molar-refractivity contribution in [2.45, 2.75) is 45.7 Å². The number of carbonyl (C=O) groups excluding carboxylic acids is 2. The maximum Gasteiger partial charge on any atom is 0.207 e. The van der Waals surface area contributed by atoms with Crippen molar-refractivity contribution in [2.75, 3.05) is 0 Å². The third-order valence-electron chi connectivity index (χ3n) is 3.38. The van der Waals surface area contributed by atoms with Gasteiger partial charge in [0, 0.05) is 12.1 Å². The van der Waals surface area contributed by atoms with Crippen LogP contribution in [0, 0.1) is 11.3 Å². The largest absolute Gasteiger partial charge is 0.356 e. The minimum Gasteiger partial charge on any atom is -0.356 e. The van der Waals surface area contributed by atoms with E-state index >= 15 is 0 Å². The summed E-state index contributed by atoms with van der Waals surface area (Å²) in [5.41, 5.74) is 0.161. The summed E-state index contributed by atoms with van der Waals surface area (Å²) in [4.78, 5) is 21.0. The molecule has 0 aromatic rings. The lowest BCUT2D eigenvalue weighted by atomic mass is 9.68. The Morgan fingerprint density at radius 2 is 1.47 bits per heavy atom. The van der Waals surface area contributed by atoms with Gasteiger partial charge >= 0.3 is 0 Å². The van der Waals surface area contributed by atoms with E-state index in [1.165, 1.54) is 0 Å². The Hall–Kier alpha value is -1.06. The molecule has 86 valence electrons. The standard InChI is InChI=1S/C11H20N2O2/c1-8-9(12-6-14)4-11(2,3)5-10(8)13-7-15/h6-10H,4-5H2,1-3H3,(H,12,14)(H,13,15). The molecule has 2 unspecified atom stereocenters. The molecule has 2 N–H and O–H groups in total. The molecule has 1 rings (SSSR count). The van der Waals surface area contributed by atoms with Gasteiger partial charge in [-0.3, -0.25) is 9.59 Å². The summed E-state index contributed by atoms with van der Waals surface area (Å²) >= 11 is 0. The van der Waals surface area contributed by atoms with E-state index in [0.717, 1.165) is 25.7 Å². The lowest BCUT2D eigenvalue weighted by Gasteiger charge is -2.44. The van der Waals surface area contributed by atoms with E-state index in [1.807, 2.05) is 0 Å². The number of hydrogen-bond donors (Lipinski definition) is 2. The first kappa shape index (κ1) is 12.0. The molecule has 0 bridgehead atoms. The normalized spacial score (nSPS) is 34.2. The molecular weight excluding hydrogens is 192 g/mol. The molecule has 1 saturated carbocycles. The van der Waals surface area contributed by atoms with Gasteiger partial charge in [0.2, 0.25) is 12.8 Å². The van der Waals surface area contributed by atoms with Gasteiger partial charge in [-0.2, -0.15) is 0 Å². The van der Waals surface area contributed by atoms with E-state index < -0.39 is 0 Å². The Labute approximate surface area is 90.8 Å². The zero-order chi connectivity index (χ0) is 11.5. The molecule has 2 atom stereocenters. The van der Waals surface area contributed by atoms with Crippen molar-refractivity contribution in [3.05, 3.63) is 0 Å². The van der Waals surface area contributed by atoms with Crippen LogP contribution in [0.2, 0.25) is 0 Å². The fourth-order valence-electron chi connectivity index (χ4n) is 2.52. The van der Waals surface area contributed by atoms with Gasteiger partial charge in [-0.05, 0) is 24.2 Å². The fraction of sp³-hybridized carbons (Fsp3) is 0.818. The molecule has 1 aliphatic rings. The fourth-order valence-corrected chi connectivity index (χ4v) is 2.52. The quantitative estimate of drug-likeness (QED) is 0.673. The van der Waals surface area contributed by atoms with Crippen LogP contribution in [0.5, 0.6) is 0 Å². The van der Waals surface area contributed by atoms with Crippen LogP contribution in [0.25, 0.3) is 0 Å². The number of amides is 2. The first-order valence-corrected chi connectivity index (χ1v) is 5.39. The molecule has 2 amide bonds. The van der Waals surface area contributed by atoms with Crippen molar-refractivity contribution < 1.29 is 9.59 Å². The summed E-state index contributed by atoms with van der Waals surface area (Å²) in [7, 11) is 0. The van der Waals surface area contributed by atoms with Crippen LogP contribution in [-0.4, -0.2) is 24.9 Å². The van der Waals surface area contributed by atoms with Crippen LogP contribution in [0.15, 0.2) is 0 Å². The van der Waals surface area contributed by atoms with Crippen LogP contribution in [0.4, 0.5) is 0 Å². The number of carbonyl (C=O) groups is 2. The predicted molar refractivity (Wildman–Crippen MR) is 58.2 cm³/mol. The van der Waals surface area contributed by atoms with Gasteiger partial charge in [0.05, 0.1) is 0 Å². The van der Waals surface area contributed by atoms with E-state index in [4.69, 9.17) is 0 Å². The first-order valence-electron chi connectivity index (χ1n) is 5.39. The molecule has 0 saturated heterocycles. The third-order valence-corrected chi connectivity index (χ3v) is 3.38. The molecule has 0 spiro atoms. The van der Waals surface area contributed by atoms with Crippen molar-refractivity contribution in [1.29, 1.82) is 0 Å². The summed E-state index contributed by atoms with van der Waals surface area (Å²) in [5, 5.41) is 5.68. The van der Waals surface area contributed by atoms with E-state index in [1.54, 1.807) is 0 Å². The van der Waals surface area contributed by atoms with Crippen LogP contribution in [0.1, 0.15) is 33.6 Å². The van der Waals surface area contributed by atoms with Gasteiger partial charge in [-0.25, -0.2) is 0 Å². The molecule has 0 aromatic carbocycles. The van der Waals surface area contributed by atoms with Gasteiger partial charge in [-0.1, -0.05) is 20.8 Å². The van der Waals surface area contributed by atoms with Crippen molar-refractivity contribution >= 4 is 12.8 Å². The molecular formula is C11H20N2O2. The zero-order valence-corrected chi connectivity index (χ0v) is 9.62. The monoisotopic (exact) mass is 212 g/mol. The molecule has 4 heteroatoms. The maximum atomic E-state index is 10.5. The molecule has 0 aromatic heterocycles. The summed E-state index contributed by atoms with van der Waals surface area (Å²) in [6, 6.07) is 0.312. The zero-order valence-electron chi connectivity index (χ0n) is 9.62. The first-order chi connectivity index (χ1) is 7.00. The lowest BCUT2D eigenvalue weighted by molar-refractivity contribution is -0.111. The van der Waals surface area contributed by atoms with Crippen molar-refractivity contribution in [3.63, 3.8) is 0 Å². The Bertz CT molecular complexity index is 219. The molecule has 0 aliphatic heterocycles. The number of nitrogens with one attached hydrogen (secondary N) is 2. The van der Waals surface area contributed by atoms with Gasteiger partial charge in [0.1, 0.15) is 0 Å². The van der Waals surface area contributed by atoms with Crippen molar-refractivity contribution in [2.24, 2.45) is 11.3 Å². The average molecular weight is 212 g/mol. The summed E-state index contributed by atoms with van der Waals surface area (Å²) < 4.78 is 0. The topological polar surface area (TPSA) is 58.2 Å². The Kier molecular flexibility index (Phi) is 3.72. The molecule has 0 heterocycles. The third kappa shape index (κ3) is 2.94. The van der Waals surface area contributed by atoms with E-state index in [0.29, 0.717) is 0 Å². The van der Waals surface area contributed by atoms with Crippen LogP contribution >= 0.6 is 0 Å². The Morgan fingerprint density at radius 1 is 1.07 bits per heavy atom. The van der Waals surface area contributed by atoms with Crippen LogP contribution < -0.4 is 10.6 Å². The van der Waals surface area contributed by atoms with Crippen molar-refractivity contribution in [1.82, 2.24) is 10.6 Å². The molecule has 15 heavy (non-hydrogen) atoms. The van der Waals surface area contributed by atoms with E-state index in [9.17, 15) is 9.59 Å². The SMILES string of the molecule is CC1C(NC=O)CC(C)(C)CC1NC=O. The molecule has 4 nitrogen and oxygen atoms in total. The van der Waals surface area contributed by atoms with Gasteiger partial charge < -0.3 is 10.6 Å². The van der Waals surface area contributed by atoms with E-state index in [2.05, 4.69) is 31.4 Å². The summed E-state index contributed by atoms with van der Waals surface area (Å²) in [6.45, 7) is 6.40. The number of rotatable bonds is 4. The highest BCUT2D eigenvalue weighted by molar-refractivity contribution is 5.48. The van der Waals surface area contributed by atoms with Gasteiger partial charge in [-0.15, -0.1) is 0 Å². The second-order valence-corrected chi connectivity index (χ2v) is 5.21. The number of hydrogen-bond acceptors (Lipinski definition) is 2. The Morgan fingerprint density at radius 3 is 1.80 bits per heavy atom. The predicted octanol–water partition coefficient (Wildman–Crippen LogP) is 0.672. The highest BCUT2D eigenvalue weighted by Gasteiger charge is 2.38. The minimum atomic E-state index is 0.156. The smallest absolute Gasteiger partial charge is 0.207 e. The molecule has 1 aliphatic carbocycles. The van der Waals surface area contributed by atoms with Gasteiger partial charge in [0.15, 0.2) is 0 Å². The van der Waals surface area contributed by atoms with Gasteiger partial charge in [0.25, 0.3) is 0 Å². The van der Waals surface area contributed by atoms with E-state index in [-0.39, 0.29) is 23.4 Å². The Balaban J connectivity index is 2.73. The highest BCUT2D eigenvalue weighted by atomic mass is 16.1. The highest BCUT2D eigenvalue weighted by Crippen LogP contribution is 2.38. The summed E-state index contributed by atoms with van der Waals surface area (Å²) in [6.07, 6.45) is 3.43. The average Bonchev–Trinajstić information content (AvgIpc) is 2.13. The lowest BCUT2D eigenvalue weighted by Crippen LogP contribution is -2.53. The molecule has 1 fully saturated rings. The van der Waals surface area contributed by atoms with Crippen LogP contribution in [0.3, 0.4) is 0 Å². The molecule has 0 radical (unpaired) electrons. The second kappa shape index (κ2) is 4.64. The second-order valence-electron chi connectivity index (χ2n) is 5.21. The van der Waals surface area contributed by atoms with Crippen LogP contribution in [-0.2, 0) is 9.59 Å². The summed E-state index contributed by atoms with van der Waals surface area (Å²) in [5.74, 6) is 0.286. The van der Waals surface area contributed by atoms with Crippen molar-refractivity contribution in [3.8, 4) is 0 Å². The maximum absolute atomic E-state index is 10.5. The minimum absolute atomic E-state index is 0.156.